The van der Waals surface area contributed by atoms with Crippen LogP contribution in [0.4, 0.5) is 10.5 Å². The van der Waals surface area contributed by atoms with Crippen molar-refractivity contribution in [3.8, 4) is 0 Å². The number of amides is 2. The molecule has 146 valence electrons. The maximum atomic E-state index is 12.4. The second-order valence-electron chi connectivity index (χ2n) is 7.40. The summed E-state index contributed by atoms with van der Waals surface area (Å²) >= 11 is 0. The summed E-state index contributed by atoms with van der Waals surface area (Å²) in [7, 11) is 1.90. The lowest BCUT2D eigenvalue weighted by molar-refractivity contribution is 0.0169. The molecule has 1 atom stereocenters. The van der Waals surface area contributed by atoms with Gasteiger partial charge < -0.3 is 15.4 Å². The highest BCUT2D eigenvalue weighted by molar-refractivity contribution is 5.89. The molecule has 1 aliphatic rings. The SMILES string of the molecule is Cc1c([C@H](C)NC(=O)Nc2cccc(COC3CCCCC3)c2)cnn1C. The Balaban J connectivity index is 1.52. The van der Waals surface area contributed by atoms with Gasteiger partial charge >= 0.3 is 6.03 Å². The number of carbonyl (C=O) groups excluding carboxylic acids is 1. The minimum atomic E-state index is -0.226. The average molecular weight is 370 g/mol. The fourth-order valence-corrected chi connectivity index (χ4v) is 3.57. The van der Waals surface area contributed by atoms with Crippen LogP contribution in [0.1, 0.15) is 61.9 Å². The monoisotopic (exact) mass is 370 g/mol. The van der Waals surface area contributed by atoms with Crippen molar-refractivity contribution in [1.82, 2.24) is 15.1 Å². The highest BCUT2D eigenvalue weighted by Gasteiger charge is 2.15. The van der Waals surface area contributed by atoms with E-state index in [1.165, 1.54) is 19.3 Å². The van der Waals surface area contributed by atoms with Gasteiger partial charge in [-0.05, 0) is 44.4 Å². The standard InChI is InChI=1S/C21H30N4O2/c1-15(20-13-22-25(3)16(20)2)23-21(26)24-18-9-7-8-17(12-18)14-27-19-10-5-4-6-11-19/h7-9,12-13,15,19H,4-6,10-11,14H2,1-3H3,(H2,23,24,26)/t15-/m0/s1. The van der Waals surface area contributed by atoms with E-state index < -0.39 is 0 Å². The summed E-state index contributed by atoms with van der Waals surface area (Å²) in [5.41, 5.74) is 3.91. The van der Waals surface area contributed by atoms with E-state index in [9.17, 15) is 4.79 Å². The molecular weight excluding hydrogens is 340 g/mol. The van der Waals surface area contributed by atoms with Crippen LogP contribution in [0.25, 0.3) is 0 Å². The van der Waals surface area contributed by atoms with Crippen molar-refractivity contribution in [3.63, 3.8) is 0 Å². The molecular formula is C21H30N4O2. The molecule has 0 radical (unpaired) electrons. The number of nitrogens with zero attached hydrogens (tertiary/aromatic N) is 2. The third-order valence-electron chi connectivity index (χ3n) is 5.31. The predicted molar refractivity (Wildman–Crippen MR) is 107 cm³/mol. The number of benzene rings is 1. The van der Waals surface area contributed by atoms with Crippen LogP contribution < -0.4 is 10.6 Å². The first-order valence-corrected chi connectivity index (χ1v) is 9.79. The third-order valence-corrected chi connectivity index (χ3v) is 5.31. The van der Waals surface area contributed by atoms with Gasteiger partial charge in [-0.1, -0.05) is 31.4 Å². The first kappa shape index (κ1) is 19.4. The number of anilines is 1. The maximum Gasteiger partial charge on any atom is 0.319 e. The number of nitrogens with one attached hydrogen (secondary N) is 2. The molecule has 0 saturated heterocycles. The molecule has 1 aromatic carbocycles. The normalized spacial score (nSPS) is 16.1. The Hall–Kier alpha value is -2.34. The van der Waals surface area contributed by atoms with Crippen molar-refractivity contribution < 1.29 is 9.53 Å². The summed E-state index contributed by atoms with van der Waals surface area (Å²) in [5.74, 6) is 0. The third kappa shape index (κ3) is 5.32. The summed E-state index contributed by atoms with van der Waals surface area (Å²) < 4.78 is 7.84. The molecule has 0 bridgehead atoms. The molecule has 1 saturated carbocycles. The average Bonchev–Trinajstić information content (AvgIpc) is 3.00. The summed E-state index contributed by atoms with van der Waals surface area (Å²) in [6.07, 6.45) is 8.34. The zero-order chi connectivity index (χ0) is 19.2. The lowest BCUT2D eigenvalue weighted by Gasteiger charge is -2.22. The van der Waals surface area contributed by atoms with Crippen LogP contribution in [0.3, 0.4) is 0 Å². The molecule has 2 amide bonds. The molecule has 0 aliphatic heterocycles. The Morgan fingerprint density at radius 3 is 2.81 bits per heavy atom. The minimum absolute atomic E-state index is 0.114. The highest BCUT2D eigenvalue weighted by atomic mass is 16.5. The summed E-state index contributed by atoms with van der Waals surface area (Å²) in [6, 6.07) is 7.51. The van der Waals surface area contributed by atoms with E-state index >= 15 is 0 Å². The van der Waals surface area contributed by atoms with E-state index in [1.54, 1.807) is 10.9 Å². The van der Waals surface area contributed by atoms with Crippen molar-refractivity contribution in [2.24, 2.45) is 7.05 Å². The molecule has 1 aliphatic carbocycles. The molecule has 1 heterocycles. The predicted octanol–water partition coefficient (Wildman–Crippen LogP) is 4.46. The van der Waals surface area contributed by atoms with Crippen molar-refractivity contribution >= 4 is 11.7 Å². The van der Waals surface area contributed by atoms with Crippen LogP contribution in [-0.2, 0) is 18.4 Å². The molecule has 2 aromatic rings. The number of carbonyl (C=O) groups is 1. The number of hydrogen-bond donors (Lipinski definition) is 2. The Morgan fingerprint density at radius 2 is 2.11 bits per heavy atom. The first-order valence-electron chi connectivity index (χ1n) is 9.79. The van der Waals surface area contributed by atoms with Gasteiger partial charge in [-0.15, -0.1) is 0 Å². The fraction of sp³-hybridized carbons (Fsp3) is 0.524. The first-order chi connectivity index (χ1) is 13.0. The number of aromatic nitrogens is 2. The van der Waals surface area contributed by atoms with Gasteiger partial charge in [-0.25, -0.2) is 4.79 Å². The van der Waals surface area contributed by atoms with Crippen LogP contribution in [0.2, 0.25) is 0 Å². The van der Waals surface area contributed by atoms with Gasteiger partial charge in [-0.2, -0.15) is 5.10 Å². The van der Waals surface area contributed by atoms with E-state index in [1.807, 2.05) is 45.2 Å². The number of aryl methyl sites for hydroxylation is 1. The van der Waals surface area contributed by atoms with Gasteiger partial charge in [0.25, 0.3) is 0 Å². The zero-order valence-corrected chi connectivity index (χ0v) is 16.5. The summed E-state index contributed by atoms with van der Waals surface area (Å²) in [6.45, 7) is 4.54. The topological polar surface area (TPSA) is 68.2 Å². The van der Waals surface area contributed by atoms with Crippen LogP contribution in [0, 0.1) is 6.92 Å². The maximum absolute atomic E-state index is 12.4. The Labute approximate surface area is 161 Å². The van der Waals surface area contributed by atoms with Crippen molar-refractivity contribution in [2.45, 2.75) is 64.7 Å². The van der Waals surface area contributed by atoms with Crippen molar-refractivity contribution in [1.29, 1.82) is 0 Å². The fourth-order valence-electron chi connectivity index (χ4n) is 3.57. The zero-order valence-electron chi connectivity index (χ0n) is 16.5. The smallest absolute Gasteiger partial charge is 0.319 e. The Bertz CT molecular complexity index is 765. The lowest BCUT2D eigenvalue weighted by atomic mass is 9.98. The summed E-state index contributed by atoms with van der Waals surface area (Å²) in [4.78, 5) is 12.4. The van der Waals surface area contributed by atoms with E-state index in [-0.39, 0.29) is 12.1 Å². The van der Waals surface area contributed by atoms with Crippen LogP contribution in [-0.4, -0.2) is 21.9 Å². The highest BCUT2D eigenvalue weighted by Crippen LogP contribution is 2.22. The largest absolute Gasteiger partial charge is 0.374 e. The van der Waals surface area contributed by atoms with Crippen LogP contribution in [0.5, 0.6) is 0 Å². The van der Waals surface area contributed by atoms with Crippen molar-refractivity contribution in [3.05, 3.63) is 47.3 Å². The van der Waals surface area contributed by atoms with E-state index in [0.29, 0.717) is 12.7 Å². The number of hydrogen-bond acceptors (Lipinski definition) is 3. The van der Waals surface area contributed by atoms with Gasteiger partial charge in [0.05, 0.1) is 24.9 Å². The Kier molecular flexibility index (Phi) is 6.50. The van der Waals surface area contributed by atoms with Crippen LogP contribution >= 0.6 is 0 Å². The molecule has 1 aromatic heterocycles. The van der Waals surface area contributed by atoms with E-state index in [2.05, 4.69) is 15.7 Å². The van der Waals surface area contributed by atoms with Crippen molar-refractivity contribution in [2.75, 3.05) is 5.32 Å². The van der Waals surface area contributed by atoms with Gasteiger partial charge in [0.1, 0.15) is 0 Å². The van der Waals surface area contributed by atoms with Gasteiger partial charge in [0, 0.05) is 24.0 Å². The second-order valence-corrected chi connectivity index (χ2v) is 7.40. The molecule has 3 rings (SSSR count). The molecule has 2 N–H and O–H groups in total. The minimum Gasteiger partial charge on any atom is -0.374 e. The number of rotatable bonds is 6. The van der Waals surface area contributed by atoms with Crippen LogP contribution in [0.15, 0.2) is 30.5 Å². The number of urea groups is 1. The molecule has 6 heteroatoms. The summed E-state index contributed by atoms with van der Waals surface area (Å²) in [5, 5.41) is 10.1. The molecule has 6 nitrogen and oxygen atoms in total. The Morgan fingerprint density at radius 1 is 1.33 bits per heavy atom. The van der Waals surface area contributed by atoms with Gasteiger partial charge in [0.15, 0.2) is 0 Å². The molecule has 0 spiro atoms. The quantitative estimate of drug-likeness (QED) is 0.789. The number of ether oxygens (including phenoxy) is 1. The second kappa shape index (κ2) is 9.04. The molecule has 0 unspecified atom stereocenters. The van der Waals surface area contributed by atoms with Gasteiger partial charge in [0.2, 0.25) is 0 Å². The molecule has 1 fully saturated rings. The van der Waals surface area contributed by atoms with E-state index in [4.69, 9.17) is 4.74 Å². The lowest BCUT2D eigenvalue weighted by Crippen LogP contribution is -2.31. The van der Waals surface area contributed by atoms with E-state index in [0.717, 1.165) is 35.3 Å². The molecule has 27 heavy (non-hydrogen) atoms. The van der Waals surface area contributed by atoms with Gasteiger partial charge in [-0.3, -0.25) is 4.68 Å².